The van der Waals surface area contributed by atoms with E-state index in [-0.39, 0.29) is 6.61 Å². The normalized spacial score (nSPS) is 15.5. The lowest BCUT2D eigenvalue weighted by Crippen LogP contribution is -2.42. The molecule has 0 aliphatic heterocycles. The van der Waals surface area contributed by atoms with Gasteiger partial charge in [-0.15, -0.1) is 11.8 Å². The second kappa shape index (κ2) is 4.33. The number of rotatable bonds is 4. The molecule has 1 aromatic rings. The molecule has 0 aromatic carbocycles. The van der Waals surface area contributed by atoms with E-state index in [2.05, 4.69) is 5.10 Å². The van der Waals surface area contributed by atoms with Gasteiger partial charge in [0, 0.05) is 18.3 Å². The first-order chi connectivity index (χ1) is 6.44. The molecule has 1 aromatic heterocycles. The van der Waals surface area contributed by atoms with Crippen molar-refractivity contribution in [3.05, 3.63) is 11.8 Å². The molecule has 0 spiro atoms. The molecule has 1 atom stereocenters. The monoisotopic (exact) mass is 215 g/mol. The van der Waals surface area contributed by atoms with Gasteiger partial charge in [0.2, 0.25) is 0 Å². The van der Waals surface area contributed by atoms with Crippen molar-refractivity contribution in [2.24, 2.45) is 12.8 Å². The summed E-state index contributed by atoms with van der Waals surface area (Å²) in [5.74, 6) is 0.683. The van der Waals surface area contributed by atoms with Gasteiger partial charge in [-0.3, -0.25) is 4.68 Å². The summed E-state index contributed by atoms with van der Waals surface area (Å²) in [6.45, 7) is 3.79. The summed E-state index contributed by atoms with van der Waals surface area (Å²) >= 11 is 1.61. The van der Waals surface area contributed by atoms with Gasteiger partial charge in [-0.25, -0.2) is 0 Å². The summed E-state index contributed by atoms with van der Waals surface area (Å²) in [7, 11) is 1.90. The third-order valence-electron chi connectivity index (χ3n) is 1.87. The van der Waals surface area contributed by atoms with Crippen molar-refractivity contribution in [1.82, 2.24) is 9.78 Å². The van der Waals surface area contributed by atoms with E-state index in [4.69, 9.17) is 10.8 Å². The number of nitrogens with two attached hydrogens (primary N) is 1. The molecule has 0 aliphatic rings. The van der Waals surface area contributed by atoms with Crippen LogP contribution in [0.3, 0.4) is 0 Å². The average Bonchev–Trinajstić information content (AvgIpc) is 2.42. The summed E-state index contributed by atoms with van der Waals surface area (Å²) in [4.78, 5) is 0. The first-order valence-corrected chi connectivity index (χ1v) is 5.46. The molecule has 1 unspecified atom stereocenters. The van der Waals surface area contributed by atoms with Crippen molar-refractivity contribution >= 4 is 11.8 Å². The zero-order valence-electron chi connectivity index (χ0n) is 8.82. The average molecular weight is 215 g/mol. The van der Waals surface area contributed by atoms with Crippen LogP contribution in [0, 0.1) is 6.92 Å². The lowest BCUT2D eigenvalue weighted by atomic mass is 10.1. The Balaban J connectivity index is 2.58. The Morgan fingerprint density at radius 2 is 2.36 bits per heavy atom. The van der Waals surface area contributed by atoms with Crippen LogP contribution in [0.2, 0.25) is 0 Å². The van der Waals surface area contributed by atoms with Gasteiger partial charge < -0.3 is 10.8 Å². The van der Waals surface area contributed by atoms with Gasteiger partial charge in [-0.05, 0) is 19.9 Å². The molecule has 3 N–H and O–H groups in total. The molecular formula is C9H17N3OS. The van der Waals surface area contributed by atoms with Crippen LogP contribution in [0.4, 0.5) is 0 Å². The fraction of sp³-hybridized carbons (Fsp3) is 0.667. The third-order valence-corrected chi connectivity index (χ3v) is 3.35. The zero-order valence-corrected chi connectivity index (χ0v) is 9.64. The van der Waals surface area contributed by atoms with Crippen LogP contribution in [-0.4, -0.2) is 32.8 Å². The van der Waals surface area contributed by atoms with E-state index in [1.807, 2.05) is 31.6 Å². The quantitative estimate of drug-likeness (QED) is 0.719. The number of hydrogen-bond acceptors (Lipinski definition) is 4. The van der Waals surface area contributed by atoms with E-state index in [0.29, 0.717) is 5.75 Å². The lowest BCUT2D eigenvalue weighted by molar-refractivity contribution is 0.224. The highest BCUT2D eigenvalue weighted by Crippen LogP contribution is 2.21. The van der Waals surface area contributed by atoms with Gasteiger partial charge in [-0.1, -0.05) is 0 Å². The summed E-state index contributed by atoms with van der Waals surface area (Å²) in [5.41, 5.74) is 6.29. The van der Waals surface area contributed by atoms with E-state index in [1.54, 1.807) is 11.8 Å². The van der Waals surface area contributed by atoms with E-state index in [9.17, 15) is 0 Å². The third kappa shape index (κ3) is 3.01. The van der Waals surface area contributed by atoms with Crippen molar-refractivity contribution in [2.75, 3.05) is 12.4 Å². The Hall–Kier alpha value is -0.520. The van der Waals surface area contributed by atoms with Crippen molar-refractivity contribution < 1.29 is 5.11 Å². The second-order valence-corrected chi connectivity index (χ2v) is 4.84. The number of nitrogens with zero attached hydrogens (tertiary/aromatic N) is 2. The fourth-order valence-electron chi connectivity index (χ4n) is 1.01. The highest BCUT2D eigenvalue weighted by molar-refractivity contribution is 7.99. The smallest absolute Gasteiger partial charge is 0.0939 e. The van der Waals surface area contributed by atoms with E-state index < -0.39 is 5.54 Å². The minimum atomic E-state index is -0.525. The van der Waals surface area contributed by atoms with Crippen LogP contribution < -0.4 is 5.73 Å². The molecule has 0 aliphatic carbocycles. The van der Waals surface area contributed by atoms with E-state index in [0.717, 1.165) is 10.7 Å². The second-order valence-electron chi connectivity index (χ2n) is 3.85. The molecule has 0 saturated heterocycles. The van der Waals surface area contributed by atoms with Gasteiger partial charge in [-0.2, -0.15) is 5.10 Å². The highest BCUT2D eigenvalue weighted by Gasteiger charge is 2.18. The Bertz CT molecular complexity index is 309. The molecule has 1 rings (SSSR count). The SMILES string of the molecule is Cc1cc(SCC(C)(N)CO)n(C)n1. The number of thioether (sulfide) groups is 1. The van der Waals surface area contributed by atoms with Crippen LogP contribution >= 0.6 is 11.8 Å². The largest absolute Gasteiger partial charge is 0.394 e. The maximum Gasteiger partial charge on any atom is 0.0939 e. The maximum absolute atomic E-state index is 8.99. The Morgan fingerprint density at radius 1 is 1.71 bits per heavy atom. The van der Waals surface area contributed by atoms with Crippen molar-refractivity contribution in [3.63, 3.8) is 0 Å². The summed E-state index contributed by atoms with van der Waals surface area (Å²) in [5, 5.41) is 14.3. The number of aliphatic hydroxyl groups excluding tert-OH is 1. The first-order valence-electron chi connectivity index (χ1n) is 4.48. The molecule has 4 nitrogen and oxygen atoms in total. The summed E-state index contributed by atoms with van der Waals surface area (Å²) in [6, 6.07) is 2.01. The van der Waals surface area contributed by atoms with Gasteiger partial charge >= 0.3 is 0 Å². The molecule has 0 bridgehead atoms. The number of aromatic nitrogens is 2. The molecule has 80 valence electrons. The fourth-order valence-corrected chi connectivity index (χ4v) is 2.06. The summed E-state index contributed by atoms with van der Waals surface area (Å²) < 4.78 is 1.83. The Kier molecular flexibility index (Phi) is 3.58. The van der Waals surface area contributed by atoms with E-state index >= 15 is 0 Å². The van der Waals surface area contributed by atoms with Crippen LogP contribution in [0.25, 0.3) is 0 Å². The number of aliphatic hydroxyl groups is 1. The van der Waals surface area contributed by atoms with Gasteiger partial charge in [0.25, 0.3) is 0 Å². The zero-order chi connectivity index (χ0) is 10.8. The molecule has 1 heterocycles. The number of hydrogen-bond donors (Lipinski definition) is 2. The molecular weight excluding hydrogens is 198 g/mol. The predicted molar refractivity (Wildman–Crippen MR) is 58.3 cm³/mol. The standard InChI is InChI=1S/C9H17N3OS/c1-7-4-8(12(3)11-7)14-6-9(2,10)5-13/h4,13H,5-6,10H2,1-3H3. The van der Waals surface area contributed by atoms with E-state index in [1.165, 1.54) is 0 Å². The molecule has 0 amide bonds. The van der Waals surface area contributed by atoms with Crippen LogP contribution in [0.15, 0.2) is 11.1 Å². The van der Waals surface area contributed by atoms with Crippen LogP contribution in [0.5, 0.6) is 0 Å². The first kappa shape index (κ1) is 11.6. The van der Waals surface area contributed by atoms with Gasteiger partial charge in [0.05, 0.1) is 17.3 Å². The molecule has 0 radical (unpaired) electrons. The van der Waals surface area contributed by atoms with Crippen LogP contribution in [-0.2, 0) is 7.05 Å². The highest BCUT2D eigenvalue weighted by atomic mass is 32.2. The molecule has 5 heteroatoms. The minimum absolute atomic E-state index is 0.00314. The van der Waals surface area contributed by atoms with Crippen molar-refractivity contribution in [2.45, 2.75) is 24.4 Å². The number of aryl methyl sites for hydroxylation is 2. The summed E-state index contributed by atoms with van der Waals surface area (Å²) in [6.07, 6.45) is 0. The lowest BCUT2D eigenvalue weighted by Gasteiger charge is -2.20. The van der Waals surface area contributed by atoms with Gasteiger partial charge in [0.15, 0.2) is 0 Å². The minimum Gasteiger partial charge on any atom is -0.394 e. The van der Waals surface area contributed by atoms with Crippen LogP contribution in [0.1, 0.15) is 12.6 Å². The predicted octanol–water partition coefficient (Wildman–Crippen LogP) is 0.530. The topological polar surface area (TPSA) is 64.1 Å². The maximum atomic E-state index is 8.99. The Labute approximate surface area is 88.5 Å². The molecule has 0 fully saturated rings. The molecule has 14 heavy (non-hydrogen) atoms. The van der Waals surface area contributed by atoms with Crippen molar-refractivity contribution in [1.29, 1.82) is 0 Å². The molecule has 0 saturated carbocycles. The van der Waals surface area contributed by atoms with Crippen molar-refractivity contribution in [3.8, 4) is 0 Å². The Morgan fingerprint density at radius 3 is 2.79 bits per heavy atom. The van der Waals surface area contributed by atoms with Gasteiger partial charge in [0.1, 0.15) is 0 Å².